The summed E-state index contributed by atoms with van der Waals surface area (Å²) < 4.78 is 26.6. The molecule has 7 nitrogen and oxygen atoms in total. The molecule has 0 aromatic carbocycles. The summed E-state index contributed by atoms with van der Waals surface area (Å²) in [5.41, 5.74) is 0. The van der Waals surface area contributed by atoms with Crippen LogP contribution in [0.1, 0.15) is 19.3 Å². The number of anilines is 1. The monoisotopic (exact) mass is 325 g/mol. The molecule has 3 heterocycles. The van der Waals surface area contributed by atoms with E-state index >= 15 is 0 Å². The highest BCUT2D eigenvalue weighted by Crippen LogP contribution is 2.26. The van der Waals surface area contributed by atoms with E-state index in [9.17, 15) is 13.2 Å². The zero-order valence-corrected chi connectivity index (χ0v) is 13.0. The summed E-state index contributed by atoms with van der Waals surface area (Å²) >= 11 is 0. The fraction of sp³-hybridized carbons (Fsp3) is 0.571. The highest BCUT2D eigenvalue weighted by molar-refractivity contribution is 7.89. The Balaban J connectivity index is 1.83. The molecule has 1 unspecified atom stereocenters. The van der Waals surface area contributed by atoms with Gasteiger partial charge in [0.25, 0.3) is 0 Å². The summed E-state index contributed by atoms with van der Waals surface area (Å²) in [5, 5.41) is 9.06. The number of hydrogen-bond acceptors (Lipinski definition) is 5. The highest BCUT2D eigenvalue weighted by Gasteiger charge is 2.31. The van der Waals surface area contributed by atoms with Gasteiger partial charge in [0.1, 0.15) is 5.82 Å². The maximum atomic E-state index is 12.6. The molecule has 0 aliphatic carbocycles. The van der Waals surface area contributed by atoms with E-state index in [1.54, 1.807) is 6.07 Å². The van der Waals surface area contributed by atoms with Gasteiger partial charge in [-0.3, -0.25) is 4.79 Å². The van der Waals surface area contributed by atoms with Gasteiger partial charge in [0.05, 0.1) is 10.8 Å². The van der Waals surface area contributed by atoms with E-state index in [1.807, 2.05) is 4.90 Å². The van der Waals surface area contributed by atoms with Crippen LogP contribution in [-0.4, -0.2) is 55.0 Å². The van der Waals surface area contributed by atoms with Gasteiger partial charge >= 0.3 is 5.97 Å². The van der Waals surface area contributed by atoms with Crippen LogP contribution in [0.5, 0.6) is 0 Å². The minimum absolute atomic E-state index is 0.234. The van der Waals surface area contributed by atoms with Crippen LogP contribution in [0.3, 0.4) is 0 Å². The smallest absolute Gasteiger partial charge is 0.308 e. The molecule has 3 rings (SSSR count). The number of rotatable bonds is 4. The van der Waals surface area contributed by atoms with Gasteiger partial charge in [-0.05, 0) is 25.3 Å². The largest absolute Gasteiger partial charge is 0.481 e. The van der Waals surface area contributed by atoms with Crippen LogP contribution < -0.4 is 4.90 Å². The van der Waals surface area contributed by atoms with Crippen molar-refractivity contribution in [2.45, 2.75) is 24.2 Å². The molecule has 1 N–H and O–H groups in total. The maximum absolute atomic E-state index is 12.6. The standard InChI is InChI=1S/C14H19N3O4S/c18-14(19)11-4-8-16(10-11)13-9-12(3-5-15-13)22(20,21)17-6-1-2-7-17/h3,5,9,11H,1-2,4,6-8,10H2,(H,18,19). The minimum Gasteiger partial charge on any atom is -0.481 e. The fourth-order valence-corrected chi connectivity index (χ4v) is 4.50. The van der Waals surface area contributed by atoms with Crippen molar-refractivity contribution >= 4 is 21.8 Å². The van der Waals surface area contributed by atoms with E-state index in [0.717, 1.165) is 12.8 Å². The van der Waals surface area contributed by atoms with E-state index in [0.29, 0.717) is 38.4 Å². The summed E-state index contributed by atoms with van der Waals surface area (Å²) in [5.74, 6) is -0.701. The number of sulfonamides is 1. The average Bonchev–Trinajstić information content (AvgIpc) is 3.19. The Kier molecular flexibility index (Phi) is 4.05. The number of carbonyl (C=O) groups is 1. The van der Waals surface area contributed by atoms with Gasteiger partial charge in [0.15, 0.2) is 0 Å². The van der Waals surface area contributed by atoms with Crippen molar-refractivity contribution < 1.29 is 18.3 Å². The Bertz CT molecular complexity index is 670. The fourth-order valence-electron chi connectivity index (χ4n) is 2.98. The number of carboxylic acid groups (broad SMARTS) is 1. The first-order chi connectivity index (χ1) is 10.5. The predicted molar refractivity (Wildman–Crippen MR) is 80.2 cm³/mol. The number of aliphatic carboxylic acids is 1. The molecular formula is C14H19N3O4S. The molecule has 1 aromatic rings. The maximum Gasteiger partial charge on any atom is 0.308 e. The lowest BCUT2D eigenvalue weighted by molar-refractivity contribution is -0.140. The summed E-state index contributed by atoms with van der Waals surface area (Å²) in [4.78, 5) is 17.3. The average molecular weight is 325 g/mol. The van der Waals surface area contributed by atoms with E-state index < -0.39 is 21.9 Å². The van der Waals surface area contributed by atoms with Gasteiger partial charge in [-0.25, -0.2) is 13.4 Å². The summed E-state index contributed by atoms with van der Waals surface area (Å²) in [7, 11) is -3.47. The Hall–Kier alpha value is -1.67. The van der Waals surface area contributed by atoms with Gasteiger partial charge in [0, 0.05) is 38.4 Å². The molecule has 0 saturated carbocycles. The number of aromatic nitrogens is 1. The van der Waals surface area contributed by atoms with Crippen molar-refractivity contribution in [3.8, 4) is 0 Å². The lowest BCUT2D eigenvalue weighted by Crippen LogP contribution is -2.28. The number of pyridine rings is 1. The lowest BCUT2D eigenvalue weighted by Gasteiger charge is -2.19. The van der Waals surface area contributed by atoms with Crippen molar-refractivity contribution in [3.05, 3.63) is 18.3 Å². The predicted octanol–water partition coefficient (Wildman–Crippen LogP) is 0.777. The number of carboxylic acids is 1. The quantitative estimate of drug-likeness (QED) is 0.879. The molecular weight excluding hydrogens is 306 g/mol. The number of nitrogens with zero attached hydrogens (tertiary/aromatic N) is 3. The Morgan fingerprint density at radius 3 is 2.64 bits per heavy atom. The summed E-state index contributed by atoms with van der Waals surface area (Å²) in [6.45, 7) is 2.07. The third kappa shape index (κ3) is 2.80. The van der Waals surface area contributed by atoms with Crippen LogP contribution in [0.2, 0.25) is 0 Å². The summed E-state index contributed by atoms with van der Waals surface area (Å²) in [6.07, 6.45) is 3.82. The van der Waals surface area contributed by atoms with Crippen molar-refractivity contribution in [2.75, 3.05) is 31.1 Å². The van der Waals surface area contributed by atoms with Crippen LogP contribution >= 0.6 is 0 Å². The molecule has 8 heteroatoms. The first-order valence-corrected chi connectivity index (χ1v) is 8.86. The Morgan fingerprint density at radius 2 is 2.00 bits per heavy atom. The van der Waals surface area contributed by atoms with Gasteiger partial charge < -0.3 is 10.0 Å². The summed E-state index contributed by atoms with van der Waals surface area (Å²) in [6, 6.07) is 3.06. The molecule has 1 atom stereocenters. The molecule has 2 aliphatic heterocycles. The highest BCUT2D eigenvalue weighted by atomic mass is 32.2. The molecule has 2 fully saturated rings. The third-order valence-electron chi connectivity index (χ3n) is 4.28. The Labute approximate surface area is 129 Å². The molecule has 0 amide bonds. The van der Waals surface area contributed by atoms with E-state index in [1.165, 1.54) is 16.6 Å². The van der Waals surface area contributed by atoms with E-state index in [2.05, 4.69) is 4.98 Å². The first kappa shape index (κ1) is 15.2. The van der Waals surface area contributed by atoms with E-state index in [4.69, 9.17) is 5.11 Å². The normalized spacial score (nSPS) is 23.1. The van der Waals surface area contributed by atoms with Crippen LogP contribution in [-0.2, 0) is 14.8 Å². The molecule has 2 aliphatic rings. The molecule has 0 spiro atoms. The van der Waals surface area contributed by atoms with Gasteiger partial charge in [0.2, 0.25) is 10.0 Å². The second-order valence-electron chi connectivity index (χ2n) is 5.73. The molecule has 22 heavy (non-hydrogen) atoms. The van der Waals surface area contributed by atoms with Crippen LogP contribution in [0.15, 0.2) is 23.2 Å². The van der Waals surface area contributed by atoms with Crippen molar-refractivity contribution in [1.82, 2.24) is 9.29 Å². The van der Waals surface area contributed by atoms with Crippen LogP contribution in [0, 0.1) is 5.92 Å². The van der Waals surface area contributed by atoms with Crippen molar-refractivity contribution in [1.29, 1.82) is 0 Å². The first-order valence-electron chi connectivity index (χ1n) is 7.42. The lowest BCUT2D eigenvalue weighted by atomic mass is 10.1. The SMILES string of the molecule is O=C(O)C1CCN(c2cc(S(=O)(=O)N3CCCC3)ccn2)C1. The van der Waals surface area contributed by atoms with Crippen LogP contribution in [0.25, 0.3) is 0 Å². The second kappa shape index (κ2) is 5.85. The Morgan fingerprint density at radius 1 is 1.27 bits per heavy atom. The van der Waals surface area contributed by atoms with Crippen LogP contribution in [0.4, 0.5) is 5.82 Å². The van der Waals surface area contributed by atoms with Gasteiger partial charge in [-0.15, -0.1) is 0 Å². The molecule has 1 aromatic heterocycles. The molecule has 2 saturated heterocycles. The van der Waals surface area contributed by atoms with Crippen molar-refractivity contribution in [3.63, 3.8) is 0 Å². The molecule has 120 valence electrons. The molecule has 0 bridgehead atoms. The number of hydrogen-bond donors (Lipinski definition) is 1. The topological polar surface area (TPSA) is 90.8 Å². The zero-order valence-electron chi connectivity index (χ0n) is 12.2. The van der Waals surface area contributed by atoms with Crippen molar-refractivity contribution in [2.24, 2.45) is 5.92 Å². The van der Waals surface area contributed by atoms with Gasteiger partial charge in [-0.2, -0.15) is 4.31 Å². The third-order valence-corrected chi connectivity index (χ3v) is 6.18. The molecule has 0 radical (unpaired) electrons. The van der Waals surface area contributed by atoms with E-state index in [-0.39, 0.29) is 4.90 Å². The zero-order chi connectivity index (χ0) is 15.7. The second-order valence-corrected chi connectivity index (χ2v) is 7.67. The minimum atomic E-state index is -3.47. The van der Waals surface area contributed by atoms with Gasteiger partial charge in [-0.1, -0.05) is 0 Å².